The van der Waals surface area contributed by atoms with Gasteiger partial charge in [-0.25, -0.2) is 0 Å². The Hall–Kier alpha value is -1.39. The fraction of sp³-hybridized carbons (Fsp3) is 0.588. The molecule has 0 radical (unpaired) electrons. The molecule has 21 heavy (non-hydrogen) atoms. The lowest BCUT2D eigenvalue weighted by molar-refractivity contribution is -0.122. The topological polar surface area (TPSA) is 58.4 Å². The predicted molar refractivity (Wildman–Crippen MR) is 87.0 cm³/mol. The van der Waals surface area contributed by atoms with Crippen LogP contribution < -0.4 is 11.1 Å². The Morgan fingerprint density at radius 2 is 2.14 bits per heavy atom. The summed E-state index contributed by atoms with van der Waals surface area (Å²) in [6.45, 7) is 7.92. The third-order valence-electron chi connectivity index (χ3n) is 4.79. The summed E-state index contributed by atoms with van der Waals surface area (Å²) in [4.78, 5) is 14.9. The number of likely N-dealkylation sites (tertiary alicyclic amines) is 1. The quantitative estimate of drug-likeness (QED) is 0.895. The highest BCUT2D eigenvalue weighted by molar-refractivity contribution is 5.95. The maximum absolute atomic E-state index is 12.5. The van der Waals surface area contributed by atoms with Gasteiger partial charge in [-0.05, 0) is 50.8 Å². The fourth-order valence-electron chi connectivity index (χ4n) is 3.12. The maximum Gasteiger partial charge on any atom is 0.241 e. The van der Waals surface area contributed by atoms with E-state index in [1.54, 1.807) is 0 Å². The van der Waals surface area contributed by atoms with Crippen molar-refractivity contribution in [3.8, 4) is 0 Å². The zero-order valence-corrected chi connectivity index (χ0v) is 13.3. The highest BCUT2D eigenvalue weighted by Gasteiger charge is 2.31. The number of hydrogen-bond acceptors (Lipinski definition) is 3. The Kier molecular flexibility index (Phi) is 5.37. The average Bonchev–Trinajstić information content (AvgIpc) is 2.50. The van der Waals surface area contributed by atoms with Gasteiger partial charge in [-0.2, -0.15) is 0 Å². The monoisotopic (exact) mass is 289 g/mol. The van der Waals surface area contributed by atoms with E-state index in [0.717, 1.165) is 17.8 Å². The van der Waals surface area contributed by atoms with Crippen LogP contribution in [0.3, 0.4) is 0 Å². The Bertz CT molecular complexity index is 489. The van der Waals surface area contributed by atoms with E-state index >= 15 is 0 Å². The van der Waals surface area contributed by atoms with Gasteiger partial charge in [-0.15, -0.1) is 0 Å². The number of piperidine rings is 1. The van der Waals surface area contributed by atoms with Gasteiger partial charge in [-0.1, -0.05) is 25.1 Å². The third-order valence-corrected chi connectivity index (χ3v) is 4.79. The van der Waals surface area contributed by atoms with Crippen molar-refractivity contribution >= 4 is 11.6 Å². The molecule has 1 aliphatic heterocycles. The molecule has 116 valence electrons. The molecule has 3 atom stereocenters. The second kappa shape index (κ2) is 7.05. The Balaban J connectivity index is 2.05. The predicted octanol–water partition coefficient (Wildman–Crippen LogP) is 2.59. The van der Waals surface area contributed by atoms with Crippen molar-refractivity contribution in [2.24, 2.45) is 11.7 Å². The smallest absolute Gasteiger partial charge is 0.241 e. The third kappa shape index (κ3) is 3.63. The zero-order chi connectivity index (χ0) is 15.4. The minimum Gasteiger partial charge on any atom is -0.326 e. The molecule has 1 aliphatic rings. The van der Waals surface area contributed by atoms with Crippen LogP contribution in [0.4, 0.5) is 5.69 Å². The number of carbonyl (C=O) groups is 1. The van der Waals surface area contributed by atoms with Crippen LogP contribution in [0.5, 0.6) is 0 Å². The molecule has 2 rings (SSSR count). The van der Waals surface area contributed by atoms with Crippen LogP contribution in [-0.4, -0.2) is 29.4 Å². The minimum atomic E-state index is -0.117. The summed E-state index contributed by atoms with van der Waals surface area (Å²) in [7, 11) is 0. The van der Waals surface area contributed by atoms with Crippen molar-refractivity contribution in [3.63, 3.8) is 0 Å². The first-order valence-electron chi connectivity index (χ1n) is 7.89. The van der Waals surface area contributed by atoms with E-state index in [0.29, 0.717) is 18.5 Å². The summed E-state index contributed by atoms with van der Waals surface area (Å²) < 4.78 is 0. The molecule has 4 nitrogen and oxygen atoms in total. The number of nitrogens with two attached hydrogens (primary N) is 1. The Morgan fingerprint density at radius 1 is 1.43 bits per heavy atom. The Labute approximate surface area is 127 Å². The van der Waals surface area contributed by atoms with Gasteiger partial charge in [0.15, 0.2) is 0 Å². The van der Waals surface area contributed by atoms with Crippen LogP contribution in [0, 0.1) is 5.92 Å². The van der Waals surface area contributed by atoms with Crippen molar-refractivity contribution in [1.29, 1.82) is 0 Å². The first-order chi connectivity index (χ1) is 10.0. The number of carbonyl (C=O) groups excluding carboxylic acids is 1. The lowest BCUT2D eigenvalue weighted by Crippen LogP contribution is -2.51. The van der Waals surface area contributed by atoms with Crippen LogP contribution in [0.1, 0.15) is 39.2 Å². The zero-order valence-electron chi connectivity index (χ0n) is 13.3. The van der Waals surface area contributed by atoms with Gasteiger partial charge in [0.05, 0.1) is 6.04 Å². The molecular weight excluding hydrogens is 262 g/mol. The van der Waals surface area contributed by atoms with Crippen LogP contribution in [-0.2, 0) is 11.3 Å². The number of hydrogen-bond donors (Lipinski definition) is 2. The number of rotatable bonds is 4. The summed E-state index contributed by atoms with van der Waals surface area (Å²) in [6.07, 6.45) is 2.42. The second-order valence-electron chi connectivity index (χ2n) is 6.12. The van der Waals surface area contributed by atoms with E-state index in [1.165, 1.54) is 12.8 Å². The number of nitrogens with one attached hydrogen (secondary N) is 1. The number of amides is 1. The Morgan fingerprint density at radius 3 is 2.86 bits per heavy atom. The van der Waals surface area contributed by atoms with Crippen LogP contribution >= 0.6 is 0 Å². The first-order valence-corrected chi connectivity index (χ1v) is 7.89. The van der Waals surface area contributed by atoms with Gasteiger partial charge in [0.2, 0.25) is 5.91 Å². The molecule has 1 aromatic rings. The van der Waals surface area contributed by atoms with Crippen molar-refractivity contribution in [3.05, 3.63) is 29.8 Å². The van der Waals surface area contributed by atoms with Gasteiger partial charge in [0.1, 0.15) is 0 Å². The molecular formula is C17H27N3O. The summed E-state index contributed by atoms with van der Waals surface area (Å²) in [6, 6.07) is 8.06. The summed E-state index contributed by atoms with van der Waals surface area (Å²) in [5.74, 6) is 0.696. The molecule has 1 saturated heterocycles. The van der Waals surface area contributed by atoms with Crippen LogP contribution in [0.25, 0.3) is 0 Å². The van der Waals surface area contributed by atoms with E-state index in [1.807, 2.05) is 31.2 Å². The lowest BCUT2D eigenvalue weighted by Gasteiger charge is -2.41. The number of anilines is 1. The highest BCUT2D eigenvalue weighted by atomic mass is 16.2. The number of nitrogens with zero attached hydrogens (tertiary/aromatic N) is 1. The van der Waals surface area contributed by atoms with E-state index in [4.69, 9.17) is 5.73 Å². The molecule has 1 heterocycles. The van der Waals surface area contributed by atoms with Crippen molar-refractivity contribution in [2.45, 2.75) is 52.2 Å². The fourth-order valence-corrected chi connectivity index (χ4v) is 3.12. The normalized spacial score (nSPS) is 24.6. The van der Waals surface area contributed by atoms with E-state index in [2.05, 4.69) is 24.1 Å². The van der Waals surface area contributed by atoms with Crippen molar-refractivity contribution < 1.29 is 4.79 Å². The van der Waals surface area contributed by atoms with Gasteiger partial charge in [0.25, 0.3) is 0 Å². The molecule has 4 heteroatoms. The second-order valence-corrected chi connectivity index (χ2v) is 6.12. The minimum absolute atomic E-state index is 0.0526. The molecule has 1 aromatic carbocycles. The molecule has 0 spiro atoms. The van der Waals surface area contributed by atoms with Gasteiger partial charge >= 0.3 is 0 Å². The van der Waals surface area contributed by atoms with Gasteiger partial charge < -0.3 is 11.1 Å². The molecule has 0 aliphatic carbocycles. The van der Waals surface area contributed by atoms with Crippen molar-refractivity contribution in [1.82, 2.24) is 4.90 Å². The molecule has 0 bridgehead atoms. The molecule has 1 fully saturated rings. The highest BCUT2D eigenvalue weighted by Crippen LogP contribution is 2.25. The molecule has 0 aromatic heterocycles. The van der Waals surface area contributed by atoms with Crippen LogP contribution in [0.15, 0.2) is 24.3 Å². The van der Waals surface area contributed by atoms with Crippen LogP contribution in [0.2, 0.25) is 0 Å². The van der Waals surface area contributed by atoms with E-state index < -0.39 is 0 Å². The number of benzene rings is 1. The van der Waals surface area contributed by atoms with Gasteiger partial charge in [0, 0.05) is 18.3 Å². The molecule has 3 unspecified atom stereocenters. The SMILES string of the molecule is CC1CCCN(C(C)C(=O)Nc2ccccc2CN)C1C. The van der Waals surface area contributed by atoms with E-state index in [9.17, 15) is 4.79 Å². The van der Waals surface area contributed by atoms with Crippen molar-refractivity contribution in [2.75, 3.05) is 11.9 Å². The lowest BCUT2D eigenvalue weighted by atomic mass is 9.91. The first kappa shape index (κ1) is 16.0. The summed E-state index contributed by atoms with van der Waals surface area (Å²) in [5, 5.41) is 3.03. The summed E-state index contributed by atoms with van der Waals surface area (Å²) >= 11 is 0. The summed E-state index contributed by atoms with van der Waals surface area (Å²) in [5.41, 5.74) is 7.52. The standard InChI is InChI=1S/C17H27N3O/c1-12-7-6-10-20(13(12)2)14(3)17(21)19-16-9-5-4-8-15(16)11-18/h4-5,8-9,12-14H,6-7,10-11,18H2,1-3H3,(H,19,21). The number of para-hydroxylation sites is 1. The molecule has 0 saturated carbocycles. The average molecular weight is 289 g/mol. The molecule has 1 amide bonds. The van der Waals surface area contributed by atoms with Gasteiger partial charge in [-0.3, -0.25) is 9.69 Å². The molecule has 3 N–H and O–H groups in total. The largest absolute Gasteiger partial charge is 0.326 e. The maximum atomic E-state index is 12.5. The van der Waals surface area contributed by atoms with E-state index in [-0.39, 0.29) is 11.9 Å².